The quantitative estimate of drug-likeness (QED) is 0.884. The molecule has 7 heteroatoms. The number of carbonyl (C=O) groups is 1. The maximum atomic E-state index is 12.0. The van der Waals surface area contributed by atoms with Gasteiger partial charge in [0, 0.05) is 5.92 Å². The molecule has 1 heterocycles. The Bertz CT molecular complexity index is 573. The summed E-state index contributed by atoms with van der Waals surface area (Å²) in [5.41, 5.74) is 6.71. The lowest BCUT2D eigenvalue weighted by Crippen LogP contribution is -2.33. The molecule has 0 radical (unpaired) electrons. The average molecular weight is 327 g/mol. The fourth-order valence-electron chi connectivity index (χ4n) is 1.66. The Balaban J connectivity index is 0.00000220. The number of carbonyl (C=O) groups excluding carboxylic acids is 1. The third-order valence-electron chi connectivity index (χ3n) is 2.83. The molecule has 1 atom stereocenters. The number of nitrogens with one attached hydrogen (secondary N) is 1. The van der Waals surface area contributed by atoms with E-state index >= 15 is 0 Å². The number of hydrogen-bond donors (Lipinski definition) is 2. The molecule has 1 aromatic carbocycles. The van der Waals surface area contributed by atoms with E-state index in [1.165, 1.54) is 11.3 Å². The smallest absolute Gasteiger partial charge is 0.241 e. The predicted molar refractivity (Wildman–Crippen MR) is 86.5 cm³/mol. The molecule has 2 rings (SSSR count). The van der Waals surface area contributed by atoms with Crippen molar-refractivity contribution in [1.29, 1.82) is 0 Å². The van der Waals surface area contributed by atoms with Gasteiger partial charge in [-0.2, -0.15) is 0 Å². The van der Waals surface area contributed by atoms with Crippen molar-refractivity contribution in [3.8, 4) is 0 Å². The van der Waals surface area contributed by atoms with E-state index in [2.05, 4.69) is 29.4 Å². The molecule has 0 spiro atoms. The third-order valence-corrected chi connectivity index (χ3v) is 4.06. The predicted octanol–water partition coefficient (Wildman–Crippen LogP) is 2.40. The lowest BCUT2D eigenvalue weighted by atomic mass is 10.1. The maximum Gasteiger partial charge on any atom is 0.241 e. The van der Waals surface area contributed by atoms with Gasteiger partial charge >= 0.3 is 0 Å². The molecule has 2 aromatic rings. The SMILES string of the molecule is CC(C)c1nnc(CNC(=O)C(N)c2ccccc2)s1.Cl. The van der Waals surface area contributed by atoms with Crippen LogP contribution in [0.1, 0.15) is 41.4 Å². The van der Waals surface area contributed by atoms with Crippen LogP contribution < -0.4 is 11.1 Å². The van der Waals surface area contributed by atoms with Gasteiger partial charge in [0.15, 0.2) is 0 Å². The van der Waals surface area contributed by atoms with Crippen LogP contribution in [0.5, 0.6) is 0 Å². The van der Waals surface area contributed by atoms with Crippen molar-refractivity contribution in [2.75, 3.05) is 0 Å². The molecular weight excluding hydrogens is 308 g/mol. The van der Waals surface area contributed by atoms with Crippen LogP contribution in [0.25, 0.3) is 0 Å². The van der Waals surface area contributed by atoms with Crippen molar-refractivity contribution in [1.82, 2.24) is 15.5 Å². The van der Waals surface area contributed by atoms with Crippen molar-refractivity contribution in [2.45, 2.75) is 32.4 Å². The molecule has 1 aromatic heterocycles. The molecule has 21 heavy (non-hydrogen) atoms. The number of halogens is 1. The Labute approximate surface area is 134 Å². The van der Waals surface area contributed by atoms with Crippen LogP contribution in [0, 0.1) is 0 Å². The fourth-order valence-corrected chi connectivity index (χ4v) is 2.44. The number of rotatable bonds is 5. The van der Waals surface area contributed by atoms with Gasteiger partial charge in [-0.05, 0) is 5.56 Å². The van der Waals surface area contributed by atoms with Crippen molar-refractivity contribution in [3.05, 3.63) is 45.9 Å². The minimum Gasteiger partial charge on any atom is -0.348 e. The van der Waals surface area contributed by atoms with Crippen LogP contribution in [0.4, 0.5) is 0 Å². The van der Waals surface area contributed by atoms with Crippen molar-refractivity contribution < 1.29 is 4.79 Å². The minimum absolute atomic E-state index is 0. The second kappa shape index (κ2) is 8.07. The van der Waals surface area contributed by atoms with E-state index in [0.29, 0.717) is 12.5 Å². The number of amides is 1. The van der Waals surface area contributed by atoms with Crippen molar-refractivity contribution in [2.24, 2.45) is 5.73 Å². The van der Waals surface area contributed by atoms with Gasteiger partial charge in [-0.1, -0.05) is 55.5 Å². The summed E-state index contributed by atoms with van der Waals surface area (Å²) in [5.74, 6) is 0.140. The molecule has 0 aliphatic carbocycles. The van der Waals surface area contributed by atoms with Gasteiger partial charge < -0.3 is 11.1 Å². The first-order valence-corrected chi connectivity index (χ1v) is 7.30. The maximum absolute atomic E-state index is 12.0. The summed E-state index contributed by atoms with van der Waals surface area (Å²) in [6.07, 6.45) is 0. The molecule has 1 unspecified atom stereocenters. The molecule has 0 fully saturated rings. The molecular formula is C14H19ClN4OS. The zero-order valence-corrected chi connectivity index (χ0v) is 13.6. The van der Waals surface area contributed by atoms with Crippen LogP contribution >= 0.6 is 23.7 Å². The van der Waals surface area contributed by atoms with Gasteiger partial charge in [0.2, 0.25) is 5.91 Å². The zero-order valence-electron chi connectivity index (χ0n) is 11.9. The number of hydrogen-bond acceptors (Lipinski definition) is 5. The van der Waals surface area contributed by atoms with E-state index in [-0.39, 0.29) is 18.3 Å². The number of aromatic nitrogens is 2. The summed E-state index contributed by atoms with van der Waals surface area (Å²) >= 11 is 1.51. The molecule has 0 aliphatic heterocycles. The summed E-state index contributed by atoms with van der Waals surface area (Å²) in [7, 11) is 0. The highest BCUT2D eigenvalue weighted by Crippen LogP contribution is 2.18. The molecule has 0 saturated carbocycles. The van der Waals surface area contributed by atoms with Crippen LogP contribution in [0.2, 0.25) is 0 Å². The van der Waals surface area contributed by atoms with Gasteiger partial charge in [-0.3, -0.25) is 4.79 Å². The number of nitrogens with two attached hydrogens (primary N) is 1. The summed E-state index contributed by atoms with van der Waals surface area (Å²) in [5, 5.41) is 12.7. The first-order chi connectivity index (χ1) is 9.58. The second-order valence-corrected chi connectivity index (χ2v) is 5.89. The van der Waals surface area contributed by atoms with Crippen LogP contribution in [-0.4, -0.2) is 16.1 Å². The molecule has 3 N–H and O–H groups in total. The highest BCUT2D eigenvalue weighted by atomic mass is 35.5. The molecule has 0 bridgehead atoms. The molecule has 1 amide bonds. The molecule has 0 saturated heterocycles. The Morgan fingerprint density at radius 1 is 1.29 bits per heavy atom. The Hall–Kier alpha value is -1.50. The standard InChI is InChI=1S/C14H18N4OS.ClH/c1-9(2)14-18-17-11(20-14)8-16-13(19)12(15)10-6-4-3-5-7-10;/h3-7,9,12H,8,15H2,1-2H3,(H,16,19);1H. The highest BCUT2D eigenvalue weighted by Gasteiger charge is 2.16. The summed E-state index contributed by atoms with van der Waals surface area (Å²) < 4.78 is 0. The third kappa shape index (κ3) is 4.77. The second-order valence-electron chi connectivity index (χ2n) is 4.79. The lowest BCUT2D eigenvalue weighted by Gasteiger charge is -2.11. The van der Waals surface area contributed by atoms with Gasteiger partial charge in [0.25, 0.3) is 0 Å². The Morgan fingerprint density at radius 2 is 1.95 bits per heavy atom. The average Bonchev–Trinajstić information content (AvgIpc) is 2.94. The van der Waals surface area contributed by atoms with E-state index < -0.39 is 6.04 Å². The van der Waals surface area contributed by atoms with E-state index in [1.54, 1.807) is 0 Å². The number of benzene rings is 1. The Morgan fingerprint density at radius 3 is 2.52 bits per heavy atom. The monoisotopic (exact) mass is 326 g/mol. The van der Waals surface area contributed by atoms with Gasteiger partial charge in [0.05, 0.1) is 6.54 Å². The lowest BCUT2D eigenvalue weighted by molar-refractivity contribution is -0.122. The largest absolute Gasteiger partial charge is 0.348 e. The van der Waals surface area contributed by atoms with E-state index in [0.717, 1.165) is 15.6 Å². The molecule has 0 aliphatic rings. The molecule has 5 nitrogen and oxygen atoms in total. The topological polar surface area (TPSA) is 80.9 Å². The first kappa shape index (κ1) is 17.6. The fraction of sp³-hybridized carbons (Fsp3) is 0.357. The van der Waals surface area contributed by atoms with Gasteiger partial charge in [-0.25, -0.2) is 0 Å². The van der Waals surface area contributed by atoms with E-state index in [9.17, 15) is 4.79 Å². The summed E-state index contributed by atoms with van der Waals surface area (Å²) in [6, 6.07) is 8.64. The Kier molecular flexibility index (Phi) is 6.74. The van der Waals surface area contributed by atoms with Crippen LogP contribution in [-0.2, 0) is 11.3 Å². The van der Waals surface area contributed by atoms with Gasteiger partial charge in [-0.15, -0.1) is 22.6 Å². The summed E-state index contributed by atoms with van der Waals surface area (Å²) in [4.78, 5) is 12.0. The van der Waals surface area contributed by atoms with Crippen LogP contribution in [0.15, 0.2) is 30.3 Å². The van der Waals surface area contributed by atoms with Crippen molar-refractivity contribution >= 4 is 29.7 Å². The molecule has 114 valence electrons. The van der Waals surface area contributed by atoms with E-state index in [4.69, 9.17) is 5.73 Å². The van der Waals surface area contributed by atoms with Crippen LogP contribution in [0.3, 0.4) is 0 Å². The number of nitrogens with zero attached hydrogens (tertiary/aromatic N) is 2. The van der Waals surface area contributed by atoms with Crippen molar-refractivity contribution in [3.63, 3.8) is 0 Å². The van der Waals surface area contributed by atoms with Gasteiger partial charge in [0.1, 0.15) is 16.1 Å². The highest BCUT2D eigenvalue weighted by molar-refractivity contribution is 7.11. The minimum atomic E-state index is -0.659. The summed E-state index contributed by atoms with van der Waals surface area (Å²) in [6.45, 7) is 4.49. The zero-order chi connectivity index (χ0) is 14.5. The normalized spacial score (nSPS) is 11.8. The van der Waals surface area contributed by atoms with E-state index in [1.807, 2.05) is 30.3 Å². The first-order valence-electron chi connectivity index (χ1n) is 6.48.